The summed E-state index contributed by atoms with van der Waals surface area (Å²) in [6.07, 6.45) is 0. The third-order valence-electron chi connectivity index (χ3n) is 2.47. The Labute approximate surface area is 110 Å². The number of thiazole rings is 1. The Kier molecular flexibility index (Phi) is 3.62. The molecule has 1 amide bonds. The fourth-order valence-corrected chi connectivity index (χ4v) is 2.42. The standard InChI is InChI=1S/C13H14N2O2S/c1-8-12(14-9(2)18-8)13(16)15-10-4-6-11(17-3)7-5-10/h4-7H,1-3H3,(H,15,16). The highest BCUT2D eigenvalue weighted by atomic mass is 32.1. The van der Waals surface area contributed by atoms with Crippen LogP contribution in [-0.2, 0) is 0 Å². The molecule has 0 aliphatic rings. The zero-order valence-corrected chi connectivity index (χ0v) is 11.3. The number of carbonyl (C=O) groups is 1. The lowest BCUT2D eigenvalue weighted by Crippen LogP contribution is -2.13. The average molecular weight is 262 g/mol. The van der Waals surface area contributed by atoms with E-state index in [1.165, 1.54) is 11.3 Å². The number of carbonyl (C=O) groups excluding carboxylic acids is 1. The Hall–Kier alpha value is -1.88. The van der Waals surface area contributed by atoms with Gasteiger partial charge < -0.3 is 10.1 Å². The van der Waals surface area contributed by atoms with Crippen LogP contribution in [0.25, 0.3) is 0 Å². The topological polar surface area (TPSA) is 51.2 Å². The van der Waals surface area contributed by atoms with Gasteiger partial charge in [-0.3, -0.25) is 4.79 Å². The normalized spacial score (nSPS) is 10.2. The van der Waals surface area contributed by atoms with E-state index >= 15 is 0 Å². The summed E-state index contributed by atoms with van der Waals surface area (Å²) in [7, 11) is 1.61. The van der Waals surface area contributed by atoms with Crippen molar-refractivity contribution < 1.29 is 9.53 Å². The van der Waals surface area contributed by atoms with Gasteiger partial charge in [0.1, 0.15) is 11.4 Å². The Morgan fingerprint density at radius 1 is 1.28 bits per heavy atom. The SMILES string of the molecule is COc1ccc(NC(=O)c2nc(C)sc2C)cc1. The van der Waals surface area contributed by atoms with E-state index in [9.17, 15) is 4.79 Å². The largest absolute Gasteiger partial charge is 0.497 e. The van der Waals surface area contributed by atoms with Gasteiger partial charge in [0.2, 0.25) is 0 Å². The second-order valence-corrected chi connectivity index (χ2v) is 5.23. The number of aromatic nitrogens is 1. The van der Waals surface area contributed by atoms with Crippen LogP contribution in [-0.4, -0.2) is 18.0 Å². The second-order valence-electron chi connectivity index (χ2n) is 3.82. The molecule has 4 nitrogen and oxygen atoms in total. The van der Waals surface area contributed by atoms with Crippen LogP contribution in [0.2, 0.25) is 0 Å². The van der Waals surface area contributed by atoms with E-state index in [0.717, 1.165) is 21.3 Å². The van der Waals surface area contributed by atoms with Crippen molar-refractivity contribution in [3.05, 3.63) is 39.8 Å². The van der Waals surface area contributed by atoms with Crippen molar-refractivity contribution in [2.45, 2.75) is 13.8 Å². The molecule has 1 heterocycles. The molecule has 0 saturated heterocycles. The highest BCUT2D eigenvalue weighted by Crippen LogP contribution is 2.19. The first kappa shape index (κ1) is 12.6. The molecule has 0 radical (unpaired) electrons. The lowest BCUT2D eigenvalue weighted by Gasteiger charge is -2.05. The average Bonchev–Trinajstić information content (AvgIpc) is 2.69. The van der Waals surface area contributed by atoms with Gasteiger partial charge in [0.05, 0.1) is 12.1 Å². The predicted octanol–water partition coefficient (Wildman–Crippen LogP) is 3.02. The zero-order valence-electron chi connectivity index (χ0n) is 10.5. The van der Waals surface area contributed by atoms with E-state index in [1.807, 2.05) is 13.8 Å². The van der Waals surface area contributed by atoms with Crippen molar-refractivity contribution in [1.29, 1.82) is 0 Å². The van der Waals surface area contributed by atoms with E-state index in [-0.39, 0.29) is 5.91 Å². The van der Waals surface area contributed by atoms with Crippen molar-refractivity contribution in [3.8, 4) is 5.75 Å². The first-order chi connectivity index (χ1) is 8.60. The molecule has 0 spiro atoms. The van der Waals surface area contributed by atoms with Crippen molar-refractivity contribution >= 4 is 22.9 Å². The van der Waals surface area contributed by atoms with E-state index in [2.05, 4.69) is 10.3 Å². The summed E-state index contributed by atoms with van der Waals surface area (Å²) in [4.78, 5) is 17.2. The molecule has 2 rings (SSSR count). The van der Waals surface area contributed by atoms with Crippen molar-refractivity contribution in [1.82, 2.24) is 4.98 Å². The summed E-state index contributed by atoms with van der Waals surface area (Å²) in [6.45, 7) is 3.79. The molecule has 0 bridgehead atoms. The van der Waals surface area contributed by atoms with Crippen LogP contribution >= 0.6 is 11.3 Å². The number of ether oxygens (including phenoxy) is 1. The predicted molar refractivity (Wildman–Crippen MR) is 72.5 cm³/mol. The summed E-state index contributed by atoms with van der Waals surface area (Å²) in [6, 6.07) is 7.19. The van der Waals surface area contributed by atoms with Crippen LogP contribution in [0, 0.1) is 13.8 Å². The number of hydrogen-bond donors (Lipinski definition) is 1. The van der Waals surface area contributed by atoms with Crippen LogP contribution in [0.5, 0.6) is 5.75 Å². The van der Waals surface area contributed by atoms with Gasteiger partial charge in [0.25, 0.3) is 5.91 Å². The Balaban J connectivity index is 2.13. The molecule has 1 aromatic carbocycles. The number of methoxy groups -OCH3 is 1. The molecule has 0 atom stereocenters. The Morgan fingerprint density at radius 2 is 1.94 bits per heavy atom. The van der Waals surface area contributed by atoms with E-state index < -0.39 is 0 Å². The number of anilines is 1. The van der Waals surface area contributed by atoms with Gasteiger partial charge in [-0.05, 0) is 38.1 Å². The van der Waals surface area contributed by atoms with Crippen LogP contribution in [0.15, 0.2) is 24.3 Å². The van der Waals surface area contributed by atoms with Crippen LogP contribution < -0.4 is 10.1 Å². The van der Waals surface area contributed by atoms with Gasteiger partial charge in [0, 0.05) is 10.6 Å². The molecule has 18 heavy (non-hydrogen) atoms. The molecule has 0 aliphatic heterocycles. The minimum absolute atomic E-state index is 0.179. The lowest BCUT2D eigenvalue weighted by atomic mass is 10.3. The third kappa shape index (κ3) is 2.68. The monoisotopic (exact) mass is 262 g/mol. The zero-order chi connectivity index (χ0) is 13.1. The third-order valence-corrected chi connectivity index (χ3v) is 3.35. The van der Waals surface area contributed by atoms with Gasteiger partial charge in [-0.25, -0.2) is 4.98 Å². The molecule has 0 unspecified atom stereocenters. The van der Waals surface area contributed by atoms with E-state index in [1.54, 1.807) is 31.4 Å². The molecule has 2 aromatic rings. The fourth-order valence-electron chi connectivity index (χ4n) is 1.60. The molecule has 0 saturated carbocycles. The first-order valence-electron chi connectivity index (χ1n) is 5.49. The molecular weight excluding hydrogens is 248 g/mol. The molecule has 1 aromatic heterocycles. The van der Waals surface area contributed by atoms with Crippen molar-refractivity contribution in [3.63, 3.8) is 0 Å². The number of aryl methyl sites for hydroxylation is 2. The lowest BCUT2D eigenvalue weighted by molar-refractivity contribution is 0.102. The van der Waals surface area contributed by atoms with Gasteiger partial charge in [-0.1, -0.05) is 0 Å². The maximum Gasteiger partial charge on any atom is 0.275 e. The number of nitrogens with zero attached hydrogens (tertiary/aromatic N) is 1. The summed E-state index contributed by atoms with van der Waals surface area (Å²) in [5.41, 5.74) is 1.22. The van der Waals surface area contributed by atoms with Crippen LogP contribution in [0.3, 0.4) is 0 Å². The van der Waals surface area contributed by atoms with Crippen LogP contribution in [0.4, 0.5) is 5.69 Å². The van der Waals surface area contributed by atoms with E-state index in [4.69, 9.17) is 4.74 Å². The number of rotatable bonds is 3. The smallest absolute Gasteiger partial charge is 0.275 e. The molecule has 0 aliphatic carbocycles. The van der Waals surface area contributed by atoms with Gasteiger partial charge in [-0.2, -0.15) is 0 Å². The number of amides is 1. The molecule has 1 N–H and O–H groups in total. The Morgan fingerprint density at radius 3 is 2.44 bits per heavy atom. The number of hydrogen-bond acceptors (Lipinski definition) is 4. The minimum atomic E-state index is -0.179. The minimum Gasteiger partial charge on any atom is -0.497 e. The maximum absolute atomic E-state index is 12.0. The summed E-state index contributed by atoms with van der Waals surface area (Å²) >= 11 is 1.52. The maximum atomic E-state index is 12.0. The fraction of sp³-hybridized carbons (Fsp3) is 0.231. The molecule has 0 fully saturated rings. The number of nitrogens with one attached hydrogen (secondary N) is 1. The summed E-state index contributed by atoms with van der Waals surface area (Å²) < 4.78 is 5.06. The van der Waals surface area contributed by atoms with Gasteiger partial charge in [-0.15, -0.1) is 11.3 Å². The first-order valence-corrected chi connectivity index (χ1v) is 6.31. The van der Waals surface area contributed by atoms with Gasteiger partial charge >= 0.3 is 0 Å². The van der Waals surface area contributed by atoms with Crippen LogP contribution in [0.1, 0.15) is 20.4 Å². The number of benzene rings is 1. The van der Waals surface area contributed by atoms with Crippen molar-refractivity contribution in [2.24, 2.45) is 0 Å². The summed E-state index contributed by atoms with van der Waals surface area (Å²) in [5, 5.41) is 3.71. The van der Waals surface area contributed by atoms with Gasteiger partial charge in [0.15, 0.2) is 0 Å². The van der Waals surface area contributed by atoms with Crippen molar-refractivity contribution in [2.75, 3.05) is 12.4 Å². The molecule has 5 heteroatoms. The van der Waals surface area contributed by atoms with E-state index in [0.29, 0.717) is 5.69 Å². The molecule has 94 valence electrons. The highest BCUT2D eigenvalue weighted by Gasteiger charge is 2.13. The highest BCUT2D eigenvalue weighted by molar-refractivity contribution is 7.11. The Bertz CT molecular complexity index is 561. The summed E-state index contributed by atoms with van der Waals surface area (Å²) in [5.74, 6) is 0.579. The molecular formula is C13H14N2O2S. The second kappa shape index (κ2) is 5.18. The quantitative estimate of drug-likeness (QED) is 0.925.